The number of rotatable bonds is 7. The Hall–Kier alpha value is -1.26. The molecule has 100 valence electrons. The highest BCUT2D eigenvalue weighted by Crippen LogP contribution is 2.14. The summed E-state index contributed by atoms with van der Waals surface area (Å²) in [6, 6.07) is 7.17. The van der Waals surface area contributed by atoms with Gasteiger partial charge in [0.15, 0.2) is 0 Å². The van der Waals surface area contributed by atoms with E-state index < -0.39 is 0 Å². The van der Waals surface area contributed by atoms with Crippen molar-refractivity contribution < 1.29 is 14.3 Å². The van der Waals surface area contributed by atoms with Gasteiger partial charge in [0.05, 0.1) is 6.61 Å². The zero-order valence-electron chi connectivity index (χ0n) is 10.6. The van der Waals surface area contributed by atoms with Crippen LogP contribution >= 0.6 is 11.6 Å². The van der Waals surface area contributed by atoms with Crippen LogP contribution in [0.4, 0.5) is 5.69 Å². The molecule has 4 nitrogen and oxygen atoms in total. The summed E-state index contributed by atoms with van der Waals surface area (Å²) in [6.07, 6.45) is -0.237. The van der Waals surface area contributed by atoms with Gasteiger partial charge in [-0.25, -0.2) is 0 Å². The fourth-order valence-electron chi connectivity index (χ4n) is 1.36. The van der Waals surface area contributed by atoms with Crippen LogP contribution in [0.15, 0.2) is 24.3 Å². The van der Waals surface area contributed by atoms with Crippen molar-refractivity contribution in [3.05, 3.63) is 29.3 Å². The summed E-state index contributed by atoms with van der Waals surface area (Å²) in [6.45, 7) is 4.83. The first-order valence-electron chi connectivity index (χ1n) is 5.88. The van der Waals surface area contributed by atoms with Crippen LogP contribution in [0.3, 0.4) is 0 Å². The van der Waals surface area contributed by atoms with E-state index in [0.29, 0.717) is 18.2 Å². The molecule has 0 amide bonds. The third-order valence-electron chi connectivity index (χ3n) is 2.15. The average Bonchev–Trinajstić information content (AvgIpc) is 2.34. The van der Waals surface area contributed by atoms with Gasteiger partial charge in [-0.3, -0.25) is 4.79 Å². The molecule has 1 aromatic carbocycles. The molecular weight excluding hydrogens is 254 g/mol. The summed E-state index contributed by atoms with van der Waals surface area (Å²) in [5.74, 6) is -0.317. The van der Waals surface area contributed by atoms with Crippen LogP contribution in [0.1, 0.15) is 13.8 Å². The minimum Gasteiger partial charge on any atom is -0.459 e. The van der Waals surface area contributed by atoms with Crippen molar-refractivity contribution in [2.75, 3.05) is 25.1 Å². The molecule has 5 heteroatoms. The van der Waals surface area contributed by atoms with Crippen LogP contribution in [0.25, 0.3) is 0 Å². The number of hydrogen-bond acceptors (Lipinski definition) is 4. The van der Waals surface area contributed by atoms with Gasteiger partial charge in [-0.1, -0.05) is 17.7 Å². The molecule has 0 aliphatic heterocycles. The molecule has 1 aromatic rings. The number of esters is 1. The number of nitrogens with one attached hydrogen (secondary N) is 1. The third kappa shape index (κ3) is 5.89. The van der Waals surface area contributed by atoms with Gasteiger partial charge < -0.3 is 14.8 Å². The summed E-state index contributed by atoms with van der Waals surface area (Å²) >= 11 is 5.83. The van der Waals surface area contributed by atoms with E-state index in [4.69, 9.17) is 21.1 Å². The van der Waals surface area contributed by atoms with Crippen LogP contribution in [-0.2, 0) is 14.3 Å². The lowest BCUT2D eigenvalue weighted by Crippen LogP contribution is -2.25. The molecule has 0 aliphatic carbocycles. The maximum Gasteiger partial charge on any atom is 0.325 e. The van der Waals surface area contributed by atoms with E-state index in [-0.39, 0.29) is 18.6 Å². The molecule has 1 rings (SSSR count). The quantitative estimate of drug-likeness (QED) is 0.775. The molecule has 0 fully saturated rings. The third-order valence-corrected chi connectivity index (χ3v) is 2.39. The van der Waals surface area contributed by atoms with Gasteiger partial charge in [-0.05, 0) is 32.0 Å². The van der Waals surface area contributed by atoms with Crippen LogP contribution < -0.4 is 5.32 Å². The summed E-state index contributed by atoms with van der Waals surface area (Å²) in [5.41, 5.74) is 0.789. The minimum absolute atomic E-state index is 0.108. The van der Waals surface area contributed by atoms with Crippen LogP contribution in [0.5, 0.6) is 0 Å². The van der Waals surface area contributed by atoms with E-state index in [0.717, 1.165) is 5.69 Å². The fraction of sp³-hybridized carbons (Fsp3) is 0.462. The van der Waals surface area contributed by atoms with Crippen LogP contribution in [0, 0.1) is 0 Å². The normalized spacial score (nSPS) is 11.9. The molecule has 1 atom stereocenters. The smallest absolute Gasteiger partial charge is 0.325 e. The fourth-order valence-corrected chi connectivity index (χ4v) is 1.55. The lowest BCUT2D eigenvalue weighted by Gasteiger charge is -2.13. The van der Waals surface area contributed by atoms with Gasteiger partial charge in [0.1, 0.15) is 12.6 Å². The molecule has 0 saturated carbocycles. The molecule has 0 spiro atoms. The Morgan fingerprint density at radius 1 is 1.50 bits per heavy atom. The molecule has 0 saturated heterocycles. The molecule has 1 N–H and O–H groups in total. The molecular formula is C13H18ClNO3. The Balaban J connectivity index is 2.28. The van der Waals surface area contributed by atoms with E-state index in [1.54, 1.807) is 19.1 Å². The highest BCUT2D eigenvalue weighted by Gasteiger charge is 2.09. The maximum atomic E-state index is 11.5. The zero-order valence-corrected chi connectivity index (χ0v) is 11.4. The van der Waals surface area contributed by atoms with Gasteiger partial charge in [0, 0.05) is 17.3 Å². The van der Waals surface area contributed by atoms with Crippen molar-refractivity contribution in [3.8, 4) is 0 Å². The van der Waals surface area contributed by atoms with Crippen molar-refractivity contribution in [3.63, 3.8) is 0 Å². The predicted molar refractivity (Wildman–Crippen MR) is 72.0 cm³/mol. The van der Waals surface area contributed by atoms with E-state index in [2.05, 4.69) is 5.32 Å². The van der Waals surface area contributed by atoms with Crippen molar-refractivity contribution in [2.45, 2.75) is 20.0 Å². The second-order valence-electron chi connectivity index (χ2n) is 3.82. The number of carbonyl (C=O) groups excluding carboxylic acids is 1. The van der Waals surface area contributed by atoms with Crippen molar-refractivity contribution in [2.24, 2.45) is 0 Å². The molecule has 0 bridgehead atoms. The van der Waals surface area contributed by atoms with Crippen molar-refractivity contribution in [1.82, 2.24) is 0 Å². The first kappa shape index (κ1) is 14.8. The number of carbonyl (C=O) groups is 1. The van der Waals surface area contributed by atoms with Crippen molar-refractivity contribution in [1.29, 1.82) is 0 Å². The van der Waals surface area contributed by atoms with E-state index in [1.807, 2.05) is 19.1 Å². The minimum atomic E-state index is -0.317. The first-order chi connectivity index (χ1) is 8.61. The molecule has 0 aliphatic rings. The molecule has 0 aromatic heterocycles. The number of anilines is 1. The number of benzene rings is 1. The number of ether oxygens (including phenoxy) is 2. The van der Waals surface area contributed by atoms with Crippen molar-refractivity contribution >= 4 is 23.3 Å². The molecule has 1 unspecified atom stereocenters. The van der Waals surface area contributed by atoms with Gasteiger partial charge in [-0.2, -0.15) is 0 Å². The van der Waals surface area contributed by atoms with Crippen LogP contribution in [0.2, 0.25) is 5.02 Å². The molecule has 18 heavy (non-hydrogen) atoms. The average molecular weight is 272 g/mol. The number of hydrogen-bond donors (Lipinski definition) is 1. The highest BCUT2D eigenvalue weighted by molar-refractivity contribution is 6.30. The summed E-state index contributed by atoms with van der Waals surface area (Å²) in [4.78, 5) is 11.5. The largest absolute Gasteiger partial charge is 0.459 e. The molecule has 0 heterocycles. The van der Waals surface area contributed by atoms with Gasteiger partial charge in [-0.15, -0.1) is 0 Å². The van der Waals surface area contributed by atoms with E-state index in [9.17, 15) is 4.79 Å². The van der Waals surface area contributed by atoms with E-state index in [1.165, 1.54) is 0 Å². The Bertz CT molecular complexity index is 384. The summed E-state index contributed by atoms with van der Waals surface area (Å²) in [7, 11) is 0. The predicted octanol–water partition coefficient (Wildman–Crippen LogP) is 2.72. The molecule has 0 radical (unpaired) electrons. The SMILES string of the molecule is CCOCC(C)OC(=O)CNc1cccc(Cl)c1. The second-order valence-corrected chi connectivity index (χ2v) is 4.26. The topological polar surface area (TPSA) is 47.6 Å². The Labute approximate surface area is 112 Å². The standard InChI is InChI=1S/C13H18ClNO3/c1-3-17-9-10(2)18-13(16)8-15-12-6-4-5-11(14)7-12/h4-7,10,15H,3,8-9H2,1-2H3. The monoisotopic (exact) mass is 271 g/mol. The lowest BCUT2D eigenvalue weighted by molar-refractivity contribution is -0.148. The second kappa shape index (κ2) is 7.95. The first-order valence-corrected chi connectivity index (χ1v) is 6.26. The lowest BCUT2D eigenvalue weighted by atomic mass is 10.3. The van der Waals surface area contributed by atoms with Crippen LogP contribution in [-0.4, -0.2) is 31.8 Å². The summed E-state index contributed by atoms with van der Waals surface area (Å²) in [5, 5.41) is 3.57. The van der Waals surface area contributed by atoms with Gasteiger partial charge in [0.2, 0.25) is 0 Å². The maximum absolute atomic E-state index is 11.5. The Morgan fingerprint density at radius 3 is 2.94 bits per heavy atom. The van der Waals surface area contributed by atoms with E-state index >= 15 is 0 Å². The zero-order chi connectivity index (χ0) is 13.4. The van der Waals surface area contributed by atoms with Gasteiger partial charge >= 0.3 is 5.97 Å². The Kier molecular flexibility index (Phi) is 6.54. The van der Waals surface area contributed by atoms with Gasteiger partial charge in [0.25, 0.3) is 0 Å². The highest BCUT2D eigenvalue weighted by atomic mass is 35.5. The number of halogens is 1. The summed E-state index contributed by atoms with van der Waals surface area (Å²) < 4.78 is 10.3. The Morgan fingerprint density at radius 2 is 2.28 bits per heavy atom.